The Morgan fingerprint density at radius 1 is 0.781 bits per heavy atom. The largest absolute Gasteiger partial charge is 0.480 e. The topological polar surface area (TPSA) is 197 Å². The van der Waals surface area contributed by atoms with Gasteiger partial charge in [-0.2, -0.15) is 0 Å². The maximum atomic E-state index is 11.6. The Kier molecular flexibility index (Phi) is 19.0. The van der Waals surface area contributed by atoms with E-state index in [0.29, 0.717) is 6.54 Å². The van der Waals surface area contributed by atoms with Gasteiger partial charge < -0.3 is 40.4 Å². The molecule has 14 heteroatoms. The molecule has 0 fully saturated rings. The molecule has 0 aliphatic rings. The van der Waals surface area contributed by atoms with Crippen molar-refractivity contribution < 1.29 is 48.1 Å². The van der Waals surface area contributed by atoms with Crippen LogP contribution in [0.15, 0.2) is 0 Å². The summed E-state index contributed by atoms with van der Waals surface area (Å²) in [6, 6.07) is -1.05. The minimum atomic E-state index is -1.14. The molecule has 6 N–H and O–H groups in total. The number of carbonyl (C=O) groups excluding carboxylic acids is 3. The maximum Gasteiger partial charge on any atom is 0.320 e. The summed E-state index contributed by atoms with van der Waals surface area (Å²) in [6.45, 7) is 1.83. The highest BCUT2D eigenvalue weighted by Crippen LogP contribution is 1.94. The van der Waals surface area contributed by atoms with Crippen molar-refractivity contribution in [2.24, 2.45) is 5.73 Å². The van der Waals surface area contributed by atoms with Crippen molar-refractivity contribution in [1.29, 1.82) is 0 Å². The Morgan fingerprint density at radius 2 is 1.28 bits per heavy atom. The molecule has 186 valence electrons. The van der Waals surface area contributed by atoms with Crippen LogP contribution < -0.4 is 21.8 Å². The van der Waals surface area contributed by atoms with Gasteiger partial charge in [-0.15, -0.1) is 0 Å². The first-order chi connectivity index (χ1) is 15.4. The van der Waals surface area contributed by atoms with Crippen LogP contribution in [0.1, 0.15) is 12.8 Å². The van der Waals surface area contributed by atoms with Crippen molar-refractivity contribution in [3.05, 3.63) is 0 Å². The molecule has 3 amide bonds. The molecule has 0 unspecified atom stereocenters. The summed E-state index contributed by atoms with van der Waals surface area (Å²) in [6.07, 6.45) is 0.0893. The SMILES string of the molecule is CONC(=O)COCCOCCNC(=O)COCCOCCNC(=O)CC[C@H](N)C(=O)O. The van der Waals surface area contributed by atoms with Crippen LogP contribution in [0, 0.1) is 0 Å². The summed E-state index contributed by atoms with van der Waals surface area (Å²) in [5.74, 6) is -2.14. The first-order valence-corrected chi connectivity index (χ1v) is 10.0. The Labute approximate surface area is 186 Å². The first kappa shape index (κ1) is 29.6. The average molecular weight is 466 g/mol. The summed E-state index contributed by atoms with van der Waals surface area (Å²) in [5.41, 5.74) is 7.42. The van der Waals surface area contributed by atoms with Crippen LogP contribution in [0.25, 0.3) is 0 Å². The smallest absolute Gasteiger partial charge is 0.320 e. The van der Waals surface area contributed by atoms with Crippen LogP contribution in [0.3, 0.4) is 0 Å². The number of rotatable bonds is 21. The molecule has 0 aromatic carbocycles. The summed E-state index contributed by atoms with van der Waals surface area (Å²) >= 11 is 0. The predicted octanol–water partition coefficient (Wildman–Crippen LogP) is -2.85. The van der Waals surface area contributed by atoms with Crippen molar-refractivity contribution in [3.8, 4) is 0 Å². The molecule has 0 aliphatic carbocycles. The lowest BCUT2D eigenvalue weighted by molar-refractivity contribution is -0.139. The van der Waals surface area contributed by atoms with Crippen molar-refractivity contribution >= 4 is 23.7 Å². The van der Waals surface area contributed by atoms with E-state index in [2.05, 4.69) is 21.0 Å². The third-order valence-corrected chi connectivity index (χ3v) is 3.56. The van der Waals surface area contributed by atoms with Gasteiger partial charge in [0.15, 0.2) is 0 Å². The predicted molar refractivity (Wildman–Crippen MR) is 109 cm³/mol. The van der Waals surface area contributed by atoms with Crippen molar-refractivity contribution in [1.82, 2.24) is 16.1 Å². The molecule has 0 aliphatic heterocycles. The van der Waals surface area contributed by atoms with Crippen LogP contribution in [0.5, 0.6) is 0 Å². The van der Waals surface area contributed by atoms with E-state index in [0.717, 1.165) is 0 Å². The molecule has 0 aromatic rings. The van der Waals surface area contributed by atoms with Crippen LogP contribution in [-0.4, -0.2) is 108 Å². The Bertz CT molecular complexity index is 550. The van der Waals surface area contributed by atoms with Gasteiger partial charge in [-0.25, -0.2) is 5.48 Å². The number of nitrogens with one attached hydrogen (secondary N) is 3. The van der Waals surface area contributed by atoms with Crippen LogP contribution >= 0.6 is 0 Å². The van der Waals surface area contributed by atoms with Gasteiger partial charge in [-0.05, 0) is 6.42 Å². The summed E-state index contributed by atoms with van der Waals surface area (Å²) in [4.78, 5) is 49.0. The van der Waals surface area contributed by atoms with E-state index in [1.54, 1.807) is 0 Å². The highest BCUT2D eigenvalue weighted by Gasteiger charge is 2.13. The summed E-state index contributed by atoms with van der Waals surface area (Å²) < 4.78 is 20.7. The van der Waals surface area contributed by atoms with Gasteiger partial charge in [0.05, 0.1) is 46.8 Å². The Hall–Kier alpha value is -2.36. The van der Waals surface area contributed by atoms with E-state index in [1.165, 1.54) is 7.11 Å². The molecule has 14 nitrogen and oxygen atoms in total. The van der Waals surface area contributed by atoms with Crippen molar-refractivity contribution in [2.75, 3.05) is 73.1 Å². The molecule has 0 radical (unpaired) electrons. The maximum absolute atomic E-state index is 11.6. The van der Waals surface area contributed by atoms with Gasteiger partial charge in [0.2, 0.25) is 11.8 Å². The van der Waals surface area contributed by atoms with E-state index in [9.17, 15) is 19.2 Å². The molecule has 0 bridgehead atoms. The molecular weight excluding hydrogens is 432 g/mol. The van der Waals surface area contributed by atoms with Gasteiger partial charge in [0.25, 0.3) is 5.91 Å². The van der Waals surface area contributed by atoms with E-state index in [1.807, 2.05) is 0 Å². The standard InChI is InChI=1S/C18H34N4O10/c1-28-22-17(25)13-32-11-9-30-7-5-21-16(24)12-31-10-8-29-6-4-20-15(23)3-2-14(19)18(26)27/h14H,2-13,19H2,1H3,(H,20,23)(H,21,24)(H,22,25)(H,26,27)/t14-/m0/s1. The van der Waals surface area contributed by atoms with Crippen LogP contribution in [-0.2, 0) is 43.0 Å². The molecular formula is C18H34N4O10. The third-order valence-electron chi connectivity index (χ3n) is 3.56. The zero-order chi connectivity index (χ0) is 24.0. The molecule has 0 rings (SSSR count). The minimum Gasteiger partial charge on any atom is -0.480 e. The van der Waals surface area contributed by atoms with Crippen molar-refractivity contribution in [3.63, 3.8) is 0 Å². The number of nitrogens with two attached hydrogens (primary N) is 1. The van der Waals surface area contributed by atoms with Crippen LogP contribution in [0.4, 0.5) is 0 Å². The van der Waals surface area contributed by atoms with Gasteiger partial charge >= 0.3 is 5.97 Å². The third kappa shape index (κ3) is 19.6. The number of carbonyl (C=O) groups is 4. The van der Waals surface area contributed by atoms with E-state index in [4.69, 9.17) is 29.8 Å². The summed E-state index contributed by atoms with van der Waals surface area (Å²) in [5, 5.41) is 13.8. The second kappa shape index (κ2) is 20.5. The van der Waals surface area contributed by atoms with Crippen LogP contribution in [0.2, 0.25) is 0 Å². The number of carboxylic acid groups (broad SMARTS) is 1. The zero-order valence-corrected chi connectivity index (χ0v) is 18.3. The number of aliphatic carboxylic acids is 1. The van der Waals surface area contributed by atoms with Gasteiger partial charge in [-0.1, -0.05) is 0 Å². The number of hydroxylamine groups is 1. The molecule has 32 heavy (non-hydrogen) atoms. The van der Waals surface area contributed by atoms with Crippen molar-refractivity contribution in [2.45, 2.75) is 18.9 Å². The highest BCUT2D eigenvalue weighted by molar-refractivity contribution is 5.78. The Morgan fingerprint density at radius 3 is 1.81 bits per heavy atom. The quantitative estimate of drug-likeness (QED) is 0.0862. The fourth-order valence-electron chi connectivity index (χ4n) is 1.99. The molecule has 1 atom stereocenters. The fourth-order valence-corrected chi connectivity index (χ4v) is 1.99. The van der Waals surface area contributed by atoms with E-state index < -0.39 is 17.9 Å². The van der Waals surface area contributed by atoms with Gasteiger partial charge in [0, 0.05) is 19.5 Å². The first-order valence-electron chi connectivity index (χ1n) is 10.0. The minimum absolute atomic E-state index is 0.0259. The second-order valence-electron chi connectivity index (χ2n) is 6.24. The molecule has 0 saturated heterocycles. The van der Waals surface area contributed by atoms with E-state index in [-0.39, 0.29) is 84.1 Å². The Balaban J connectivity index is 3.37. The highest BCUT2D eigenvalue weighted by atomic mass is 16.6. The number of hydrogen-bond donors (Lipinski definition) is 5. The lowest BCUT2D eigenvalue weighted by Gasteiger charge is -2.09. The molecule has 0 aromatic heterocycles. The monoisotopic (exact) mass is 466 g/mol. The summed E-state index contributed by atoms with van der Waals surface area (Å²) in [7, 11) is 1.33. The number of carboxylic acids is 1. The number of hydrogen-bond acceptors (Lipinski definition) is 10. The second-order valence-corrected chi connectivity index (χ2v) is 6.24. The lowest BCUT2D eigenvalue weighted by atomic mass is 10.1. The normalized spacial score (nSPS) is 11.6. The van der Waals surface area contributed by atoms with E-state index >= 15 is 0 Å². The molecule has 0 heterocycles. The number of ether oxygens (including phenoxy) is 4. The molecule has 0 saturated carbocycles. The zero-order valence-electron chi connectivity index (χ0n) is 18.3. The van der Waals surface area contributed by atoms with Gasteiger partial charge in [-0.3, -0.25) is 24.0 Å². The molecule has 0 spiro atoms. The lowest BCUT2D eigenvalue weighted by Crippen LogP contribution is -2.33. The van der Waals surface area contributed by atoms with Gasteiger partial charge in [0.1, 0.15) is 19.3 Å². The average Bonchev–Trinajstić information content (AvgIpc) is 2.75. The number of amides is 3. The fraction of sp³-hybridized carbons (Fsp3) is 0.778.